The molecule has 3 aliphatic rings. The lowest BCUT2D eigenvalue weighted by atomic mass is 9.96. The molecule has 0 aliphatic carbocycles. The zero-order valence-corrected chi connectivity index (χ0v) is 58.8. The third-order valence-corrected chi connectivity index (χ3v) is 18.2. The third kappa shape index (κ3) is 37.9. The molecule has 1 amide bonds. The molecule has 3 fully saturated rings. The Bertz CT molecular complexity index is 2110. The number of rotatable bonds is 57. The quantitative estimate of drug-likeness (QED) is 0.0199. The van der Waals surface area contributed by atoms with Gasteiger partial charge in [0.05, 0.1) is 38.6 Å². The summed E-state index contributed by atoms with van der Waals surface area (Å²) in [7, 11) is 0. The largest absolute Gasteiger partial charge is 0.394 e. The molecule has 17 unspecified atom stereocenters. The van der Waals surface area contributed by atoms with Crippen LogP contribution >= 0.6 is 0 Å². The van der Waals surface area contributed by atoms with Gasteiger partial charge in [0.2, 0.25) is 5.91 Å². The predicted octanol–water partition coefficient (Wildman–Crippen LogP) is 11.2. The molecule has 554 valence electrons. The van der Waals surface area contributed by atoms with Crippen LogP contribution in [0.4, 0.5) is 0 Å². The fraction of sp³-hybridized carbons (Fsp3) is 0.779. The van der Waals surface area contributed by atoms with Crippen LogP contribution in [0.15, 0.2) is 97.2 Å². The van der Waals surface area contributed by atoms with Crippen LogP contribution in [0.2, 0.25) is 0 Å². The number of hydrogen-bond acceptors (Lipinski definition) is 18. The number of hydrogen-bond donors (Lipinski definition) is 12. The Morgan fingerprint density at radius 1 is 0.385 bits per heavy atom. The summed E-state index contributed by atoms with van der Waals surface area (Å²) >= 11 is 0. The fourth-order valence-electron chi connectivity index (χ4n) is 12.2. The van der Waals surface area contributed by atoms with Gasteiger partial charge in [0.15, 0.2) is 18.9 Å². The van der Waals surface area contributed by atoms with E-state index in [0.717, 1.165) is 116 Å². The number of aliphatic hydroxyl groups excluding tert-OH is 11. The maximum absolute atomic E-state index is 13.5. The molecule has 0 saturated carbocycles. The summed E-state index contributed by atoms with van der Waals surface area (Å²) < 4.78 is 34.5. The molecule has 96 heavy (non-hydrogen) atoms. The molecule has 3 aliphatic heterocycles. The standard InChI is InChI=1S/C77H133NO18/c1-3-5-7-9-11-13-15-17-19-21-23-25-26-27-28-29-30-31-32-33-34-35-37-39-41-43-45-47-49-51-53-55-65(83)78-60(61(82)54-52-50-48-46-44-42-40-38-36-24-22-20-18-16-14-12-10-8-6-4-2)59-91-75-71(89)68(86)73(63(57-80)93-75)96-77-72(90)69(87)74(64(58-81)94-77)95-76-70(88)67(85)66(84)62(56-79)92-76/h5,7,11,13,17,19,23,25,27-28,30-31,33-34,37,39,60-64,66-77,79-82,84-90H,3-4,6,8-10,12,14-16,18,20-22,24,26,29,32,35-36,38,40-59H2,1-2H3,(H,78,83)/b7-5-,13-11-,19-17-,25-23-,28-27-,31-30-,34-33-,39-37-. The van der Waals surface area contributed by atoms with E-state index in [1.807, 2.05) is 0 Å². The summed E-state index contributed by atoms with van der Waals surface area (Å²) in [6.07, 6.45) is 49.0. The van der Waals surface area contributed by atoms with Gasteiger partial charge in [0, 0.05) is 6.42 Å². The lowest BCUT2D eigenvalue weighted by Crippen LogP contribution is -2.66. The summed E-state index contributed by atoms with van der Waals surface area (Å²) in [5.74, 6) is -0.259. The second kappa shape index (κ2) is 57.3. The maximum Gasteiger partial charge on any atom is 0.220 e. The van der Waals surface area contributed by atoms with Crippen molar-refractivity contribution in [2.75, 3.05) is 26.4 Å². The van der Waals surface area contributed by atoms with Gasteiger partial charge in [-0.1, -0.05) is 265 Å². The first-order chi connectivity index (χ1) is 46.8. The van der Waals surface area contributed by atoms with E-state index < -0.39 is 124 Å². The summed E-state index contributed by atoms with van der Waals surface area (Å²) in [6.45, 7) is 1.68. The van der Waals surface area contributed by atoms with Gasteiger partial charge in [0.1, 0.15) is 73.2 Å². The van der Waals surface area contributed by atoms with Crippen LogP contribution in [0.3, 0.4) is 0 Å². The van der Waals surface area contributed by atoms with Crippen molar-refractivity contribution in [3.05, 3.63) is 97.2 Å². The molecule has 19 heteroatoms. The van der Waals surface area contributed by atoms with Crippen molar-refractivity contribution in [3.8, 4) is 0 Å². The number of unbranched alkanes of at least 4 members (excludes halogenated alkanes) is 25. The minimum atomic E-state index is -1.98. The number of allylic oxidation sites excluding steroid dienone is 16. The summed E-state index contributed by atoms with van der Waals surface area (Å²) in [6, 6.07) is -0.903. The Morgan fingerprint density at radius 3 is 1.12 bits per heavy atom. The highest BCUT2D eigenvalue weighted by Crippen LogP contribution is 2.33. The molecule has 19 nitrogen and oxygen atoms in total. The summed E-state index contributed by atoms with van der Waals surface area (Å²) in [5, 5.41) is 121. The molecular weight excluding hydrogens is 1230 g/mol. The number of nitrogens with one attached hydrogen (secondary N) is 1. The Balaban J connectivity index is 1.41. The van der Waals surface area contributed by atoms with Crippen LogP contribution in [0.25, 0.3) is 0 Å². The maximum atomic E-state index is 13.5. The van der Waals surface area contributed by atoms with E-state index >= 15 is 0 Å². The van der Waals surface area contributed by atoms with Gasteiger partial charge in [-0.05, 0) is 77.0 Å². The average Bonchev–Trinajstić information content (AvgIpc) is 0.786. The molecular formula is C77H133NO18. The van der Waals surface area contributed by atoms with Crippen molar-refractivity contribution in [2.45, 2.75) is 356 Å². The monoisotopic (exact) mass is 1360 g/mol. The molecule has 3 heterocycles. The molecule has 0 bridgehead atoms. The molecule has 0 radical (unpaired) electrons. The van der Waals surface area contributed by atoms with E-state index in [1.165, 1.54) is 103 Å². The van der Waals surface area contributed by atoms with Crippen molar-refractivity contribution in [2.24, 2.45) is 0 Å². The second-order valence-corrected chi connectivity index (χ2v) is 26.4. The van der Waals surface area contributed by atoms with Gasteiger partial charge in [0.25, 0.3) is 0 Å². The fourth-order valence-corrected chi connectivity index (χ4v) is 12.2. The Labute approximate surface area is 577 Å². The molecule has 12 N–H and O–H groups in total. The normalized spacial score (nSPS) is 27.6. The first-order valence-electron chi connectivity index (χ1n) is 37.5. The Kier molecular flexibility index (Phi) is 51.9. The SMILES string of the molecule is CC/C=C\C/C=C\C/C=C\C/C=C\C/C=C\C/C=C\C/C=C\C/C=C\CCCCCCCCC(=O)NC(COC1OC(CO)C(OC2OC(CO)C(OC3OC(CO)C(O)C(O)C3O)C(O)C2O)C(O)C1O)C(O)CCCCCCCCCCCCCCCCCCCCCC. The molecule has 17 atom stereocenters. The van der Waals surface area contributed by atoms with E-state index in [1.54, 1.807) is 0 Å². The van der Waals surface area contributed by atoms with Crippen molar-refractivity contribution in [3.63, 3.8) is 0 Å². The van der Waals surface area contributed by atoms with Crippen LogP contribution in [-0.4, -0.2) is 193 Å². The van der Waals surface area contributed by atoms with Gasteiger partial charge >= 0.3 is 0 Å². The van der Waals surface area contributed by atoms with Gasteiger partial charge in [-0.15, -0.1) is 0 Å². The van der Waals surface area contributed by atoms with E-state index in [-0.39, 0.29) is 18.9 Å². The van der Waals surface area contributed by atoms with Gasteiger partial charge in [-0.2, -0.15) is 0 Å². The highest BCUT2D eigenvalue weighted by molar-refractivity contribution is 5.76. The number of ether oxygens (including phenoxy) is 6. The van der Waals surface area contributed by atoms with Crippen molar-refractivity contribution in [1.82, 2.24) is 5.32 Å². The number of carbonyl (C=O) groups is 1. The first kappa shape index (κ1) is 86.9. The third-order valence-electron chi connectivity index (χ3n) is 18.2. The van der Waals surface area contributed by atoms with Crippen LogP contribution in [0.5, 0.6) is 0 Å². The second-order valence-electron chi connectivity index (χ2n) is 26.4. The van der Waals surface area contributed by atoms with Crippen LogP contribution in [-0.2, 0) is 33.2 Å². The van der Waals surface area contributed by atoms with Crippen LogP contribution in [0.1, 0.15) is 251 Å². The molecule has 3 rings (SSSR count). The molecule has 3 saturated heterocycles. The van der Waals surface area contributed by atoms with E-state index in [0.29, 0.717) is 12.8 Å². The molecule has 0 aromatic carbocycles. The zero-order valence-electron chi connectivity index (χ0n) is 58.8. The smallest absolute Gasteiger partial charge is 0.220 e. The highest BCUT2D eigenvalue weighted by Gasteiger charge is 2.53. The van der Waals surface area contributed by atoms with Crippen molar-refractivity contribution < 1.29 is 89.4 Å². The summed E-state index contributed by atoms with van der Waals surface area (Å²) in [4.78, 5) is 13.5. The molecule has 0 aromatic heterocycles. The molecule has 0 spiro atoms. The number of carbonyl (C=O) groups excluding carboxylic acids is 1. The Hall–Kier alpha value is -3.29. The minimum absolute atomic E-state index is 0.243. The van der Waals surface area contributed by atoms with E-state index in [4.69, 9.17) is 28.4 Å². The van der Waals surface area contributed by atoms with E-state index in [9.17, 15) is 61.0 Å². The number of aliphatic hydroxyl groups is 11. The van der Waals surface area contributed by atoms with Gasteiger partial charge < -0.3 is 89.9 Å². The van der Waals surface area contributed by atoms with E-state index in [2.05, 4.69) is 116 Å². The number of amides is 1. The minimum Gasteiger partial charge on any atom is -0.394 e. The lowest BCUT2D eigenvalue weighted by molar-refractivity contribution is -0.379. The summed E-state index contributed by atoms with van der Waals surface area (Å²) in [5.41, 5.74) is 0. The molecule has 0 aromatic rings. The average molecular weight is 1360 g/mol. The topological polar surface area (TPSA) is 307 Å². The van der Waals surface area contributed by atoms with Crippen LogP contribution < -0.4 is 5.32 Å². The highest BCUT2D eigenvalue weighted by atomic mass is 16.8. The van der Waals surface area contributed by atoms with Gasteiger partial charge in [-0.25, -0.2) is 0 Å². The first-order valence-corrected chi connectivity index (χ1v) is 37.5. The predicted molar refractivity (Wildman–Crippen MR) is 378 cm³/mol. The van der Waals surface area contributed by atoms with Crippen molar-refractivity contribution >= 4 is 5.91 Å². The lowest BCUT2D eigenvalue weighted by Gasteiger charge is -2.48. The van der Waals surface area contributed by atoms with Crippen LogP contribution in [0, 0.1) is 0 Å². The van der Waals surface area contributed by atoms with Gasteiger partial charge in [-0.3, -0.25) is 4.79 Å². The van der Waals surface area contributed by atoms with Crippen molar-refractivity contribution in [1.29, 1.82) is 0 Å². The zero-order chi connectivity index (χ0) is 69.6. The Morgan fingerprint density at radius 2 is 0.719 bits per heavy atom.